The number of aromatic amines is 1. The van der Waals surface area contributed by atoms with Crippen molar-refractivity contribution in [1.29, 1.82) is 0 Å². The molecule has 0 spiro atoms. The highest BCUT2D eigenvalue weighted by Gasteiger charge is 2.34. The maximum atomic E-state index is 14.2. The highest BCUT2D eigenvalue weighted by molar-refractivity contribution is 5.92. The van der Waals surface area contributed by atoms with E-state index in [-0.39, 0.29) is 23.3 Å². The van der Waals surface area contributed by atoms with Crippen LogP contribution in [0.1, 0.15) is 29.9 Å². The van der Waals surface area contributed by atoms with Crippen molar-refractivity contribution < 1.29 is 13.2 Å². The summed E-state index contributed by atoms with van der Waals surface area (Å²) in [6.07, 6.45) is 1.76. The maximum Gasteiger partial charge on any atom is 0.150 e. The molecule has 1 aliphatic rings. The SMILES string of the molecule is Cc1cc(-c2[nH]c3c(F)cc(F)cc3c2C2CCC2N)ccc1F. The summed E-state index contributed by atoms with van der Waals surface area (Å²) in [7, 11) is 0. The van der Waals surface area contributed by atoms with Crippen molar-refractivity contribution in [2.75, 3.05) is 0 Å². The van der Waals surface area contributed by atoms with Gasteiger partial charge >= 0.3 is 0 Å². The van der Waals surface area contributed by atoms with Crippen LogP contribution in [0.25, 0.3) is 22.2 Å². The largest absolute Gasteiger partial charge is 0.352 e. The molecule has 1 aromatic heterocycles. The van der Waals surface area contributed by atoms with Crippen LogP contribution in [0, 0.1) is 24.4 Å². The van der Waals surface area contributed by atoms with Gasteiger partial charge in [0, 0.05) is 23.4 Å². The third-order valence-corrected chi connectivity index (χ3v) is 5.01. The Bertz CT molecular complexity index is 945. The average molecular weight is 330 g/mol. The molecule has 4 rings (SSSR count). The van der Waals surface area contributed by atoms with Crippen LogP contribution in [-0.2, 0) is 0 Å². The van der Waals surface area contributed by atoms with Gasteiger partial charge in [-0.15, -0.1) is 0 Å². The van der Waals surface area contributed by atoms with Gasteiger partial charge in [0.25, 0.3) is 0 Å². The van der Waals surface area contributed by atoms with Crippen molar-refractivity contribution in [3.05, 3.63) is 58.9 Å². The normalized spacial score (nSPS) is 20.4. The quantitative estimate of drug-likeness (QED) is 0.698. The zero-order valence-corrected chi connectivity index (χ0v) is 13.2. The summed E-state index contributed by atoms with van der Waals surface area (Å²) >= 11 is 0. The lowest BCUT2D eigenvalue weighted by Gasteiger charge is -2.34. The van der Waals surface area contributed by atoms with Crippen LogP contribution < -0.4 is 5.73 Å². The van der Waals surface area contributed by atoms with Gasteiger partial charge in [0.05, 0.1) is 11.2 Å². The first-order valence-electron chi connectivity index (χ1n) is 7.98. The molecule has 1 saturated carbocycles. The van der Waals surface area contributed by atoms with E-state index < -0.39 is 11.6 Å². The predicted octanol–water partition coefficient (Wildman–Crippen LogP) is 4.77. The van der Waals surface area contributed by atoms with Gasteiger partial charge in [-0.2, -0.15) is 0 Å². The fraction of sp³-hybridized carbons (Fsp3) is 0.263. The predicted molar refractivity (Wildman–Crippen MR) is 88.3 cm³/mol. The smallest absolute Gasteiger partial charge is 0.150 e. The van der Waals surface area contributed by atoms with Crippen molar-refractivity contribution in [2.45, 2.75) is 31.7 Å². The lowest BCUT2D eigenvalue weighted by molar-refractivity contribution is 0.349. The zero-order chi connectivity index (χ0) is 17.0. The molecule has 0 amide bonds. The Kier molecular flexibility index (Phi) is 3.42. The minimum Gasteiger partial charge on any atom is -0.352 e. The van der Waals surface area contributed by atoms with Gasteiger partial charge in [0.2, 0.25) is 0 Å². The van der Waals surface area contributed by atoms with E-state index in [1.54, 1.807) is 19.1 Å². The van der Waals surface area contributed by atoms with Crippen LogP contribution in [-0.4, -0.2) is 11.0 Å². The number of hydrogen-bond donors (Lipinski definition) is 2. The topological polar surface area (TPSA) is 41.8 Å². The Labute approximate surface area is 137 Å². The number of nitrogens with one attached hydrogen (secondary N) is 1. The van der Waals surface area contributed by atoms with Crippen LogP contribution in [0.5, 0.6) is 0 Å². The molecule has 3 N–H and O–H groups in total. The molecule has 1 aliphatic carbocycles. The van der Waals surface area contributed by atoms with Crippen molar-refractivity contribution in [3.63, 3.8) is 0 Å². The zero-order valence-electron chi connectivity index (χ0n) is 13.2. The Hall–Kier alpha value is -2.27. The third-order valence-electron chi connectivity index (χ3n) is 5.01. The van der Waals surface area contributed by atoms with Gasteiger partial charge in [-0.05, 0) is 60.7 Å². The number of benzene rings is 2. The maximum absolute atomic E-state index is 14.2. The van der Waals surface area contributed by atoms with E-state index in [4.69, 9.17) is 5.73 Å². The summed E-state index contributed by atoms with van der Waals surface area (Å²) in [5, 5.41) is 0.518. The fourth-order valence-electron chi connectivity index (χ4n) is 3.54. The molecule has 124 valence electrons. The monoisotopic (exact) mass is 330 g/mol. The van der Waals surface area contributed by atoms with Gasteiger partial charge < -0.3 is 10.7 Å². The van der Waals surface area contributed by atoms with E-state index in [1.165, 1.54) is 12.1 Å². The molecule has 0 bridgehead atoms. The minimum absolute atomic E-state index is 0.0318. The van der Waals surface area contributed by atoms with Crippen LogP contribution >= 0.6 is 0 Å². The lowest BCUT2D eigenvalue weighted by Crippen LogP contribution is -2.37. The lowest BCUT2D eigenvalue weighted by atomic mass is 9.74. The van der Waals surface area contributed by atoms with E-state index in [9.17, 15) is 13.2 Å². The van der Waals surface area contributed by atoms with Crippen LogP contribution in [0.3, 0.4) is 0 Å². The molecule has 1 heterocycles. The molecule has 0 radical (unpaired) electrons. The standard InChI is InChI=1S/C19H17F3N2/c1-9-6-10(2-4-14(9)21)18-17(12-3-5-16(12)23)13-7-11(20)8-15(22)19(13)24-18/h2,4,6-8,12,16,24H,3,5,23H2,1H3. The molecule has 3 aromatic rings. The third kappa shape index (κ3) is 2.23. The summed E-state index contributed by atoms with van der Waals surface area (Å²) in [5.74, 6) is -1.51. The first-order chi connectivity index (χ1) is 11.5. The average Bonchev–Trinajstić information content (AvgIpc) is 2.88. The van der Waals surface area contributed by atoms with Crippen LogP contribution in [0.15, 0.2) is 30.3 Å². The molecule has 2 aromatic carbocycles. The number of nitrogens with two attached hydrogens (primary N) is 1. The van der Waals surface area contributed by atoms with Crippen LogP contribution in [0.2, 0.25) is 0 Å². The molecule has 24 heavy (non-hydrogen) atoms. The van der Waals surface area contributed by atoms with Crippen molar-refractivity contribution in [2.24, 2.45) is 5.73 Å². The molecular weight excluding hydrogens is 313 g/mol. The minimum atomic E-state index is -0.635. The van der Waals surface area contributed by atoms with Crippen LogP contribution in [0.4, 0.5) is 13.2 Å². The summed E-state index contributed by atoms with van der Waals surface area (Å²) in [6.45, 7) is 1.68. The summed E-state index contributed by atoms with van der Waals surface area (Å²) in [6, 6.07) is 6.92. The number of hydrogen-bond acceptors (Lipinski definition) is 1. The highest BCUT2D eigenvalue weighted by Crippen LogP contribution is 2.45. The molecular formula is C19H17F3N2. The van der Waals surface area contributed by atoms with E-state index in [0.717, 1.165) is 30.0 Å². The molecule has 0 saturated heterocycles. The molecule has 2 atom stereocenters. The van der Waals surface area contributed by atoms with Gasteiger partial charge in [-0.3, -0.25) is 0 Å². The van der Waals surface area contributed by atoms with Gasteiger partial charge in [-0.25, -0.2) is 13.2 Å². The van der Waals surface area contributed by atoms with E-state index in [2.05, 4.69) is 4.98 Å². The second kappa shape index (κ2) is 5.38. The molecule has 1 fully saturated rings. The van der Waals surface area contributed by atoms with Crippen molar-refractivity contribution >= 4 is 10.9 Å². The van der Waals surface area contributed by atoms with Gasteiger partial charge in [0.1, 0.15) is 17.5 Å². The first kappa shape index (κ1) is 15.3. The van der Waals surface area contributed by atoms with E-state index in [1.807, 2.05) is 0 Å². The number of rotatable bonds is 2. The van der Waals surface area contributed by atoms with Gasteiger partial charge in [0.15, 0.2) is 0 Å². The number of aryl methyl sites for hydroxylation is 1. The molecule has 2 nitrogen and oxygen atoms in total. The molecule has 5 heteroatoms. The molecule has 2 unspecified atom stereocenters. The summed E-state index contributed by atoms with van der Waals surface area (Å²) < 4.78 is 41.6. The number of aromatic nitrogens is 1. The number of fused-ring (bicyclic) bond motifs is 1. The fourth-order valence-corrected chi connectivity index (χ4v) is 3.54. The molecule has 0 aliphatic heterocycles. The summed E-state index contributed by atoms with van der Waals surface area (Å²) in [4.78, 5) is 3.07. The van der Waals surface area contributed by atoms with Gasteiger partial charge in [-0.1, -0.05) is 0 Å². The summed E-state index contributed by atoms with van der Waals surface area (Å²) in [5.41, 5.74) is 9.16. The number of H-pyrrole nitrogens is 1. The number of halogens is 3. The van der Waals surface area contributed by atoms with Crippen molar-refractivity contribution in [1.82, 2.24) is 4.98 Å². The Morgan fingerprint density at radius 2 is 1.83 bits per heavy atom. The second-order valence-corrected chi connectivity index (χ2v) is 6.54. The van der Waals surface area contributed by atoms with E-state index >= 15 is 0 Å². The second-order valence-electron chi connectivity index (χ2n) is 6.54. The Morgan fingerprint density at radius 3 is 2.46 bits per heavy atom. The first-order valence-corrected chi connectivity index (χ1v) is 7.98. The Balaban J connectivity index is 2.01. The Morgan fingerprint density at radius 1 is 1.04 bits per heavy atom. The van der Waals surface area contributed by atoms with E-state index in [0.29, 0.717) is 16.6 Å². The van der Waals surface area contributed by atoms with Crippen molar-refractivity contribution in [3.8, 4) is 11.3 Å². The highest BCUT2D eigenvalue weighted by atomic mass is 19.1.